The van der Waals surface area contributed by atoms with Crippen molar-refractivity contribution in [1.29, 1.82) is 0 Å². The zero-order chi connectivity index (χ0) is 26.6. The molecule has 0 amide bonds. The van der Waals surface area contributed by atoms with Gasteiger partial charge in [-0.3, -0.25) is 4.79 Å². The summed E-state index contributed by atoms with van der Waals surface area (Å²) in [6, 6.07) is 11.8. The molecule has 0 aliphatic heterocycles. The first-order chi connectivity index (χ1) is 18.4. The van der Waals surface area contributed by atoms with E-state index in [0.717, 1.165) is 37.9 Å². The molecule has 2 unspecified atom stereocenters. The predicted octanol–water partition coefficient (Wildman–Crippen LogP) is 6.72. The number of hydrogen-bond acceptors (Lipinski definition) is 6. The van der Waals surface area contributed by atoms with E-state index >= 15 is 0 Å². The molecule has 9 heteroatoms. The van der Waals surface area contributed by atoms with Crippen LogP contribution in [0.25, 0.3) is 22.8 Å². The smallest absolute Gasteiger partial charge is 0.229 e. The maximum Gasteiger partial charge on any atom is 0.229 e. The molecule has 2 aromatic heterocycles. The van der Waals surface area contributed by atoms with E-state index < -0.39 is 0 Å². The number of aromatic nitrogens is 5. The van der Waals surface area contributed by atoms with E-state index in [4.69, 9.17) is 4.52 Å². The molecule has 1 aliphatic rings. The summed E-state index contributed by atoms with van der Waals surface area (Å²) in [7, 11) is 0. The van der Waals surface area contributed by atoms with Gasteiger partial charge in [0, 0.05) is 29.4 Å². The number of hydrogen-bond donors (Lipinski definition) is 0. The van der Waals surface area contributed by atoms with Crippen LogP contribution in [0.15, 0.2) is 53.1 Å². The number of benzene rings is 2. The average Bonchev–Trinajstić information content (AvgIpc) is 3.49. The van der Waals surface area contributed by atoms with Crippen LogP contribution in [0.5, 0.6) is 0 Å². The van der Waals surface area contributed by atoms with Gasteiger partial charge in [-0.25, -0.2) is 18.4 Å². The maximum absolute atomic E-state index is 13.5. The van der Waals surface area contributed by atoms with Gasteiger partial charge in [0.2, 0.25) is 5.89 Å². The van der Waals surface area contributed by atoms with E-state index in [1.54, 1.807) is 28.9 Å². The van der Waals surface area contributed by atoms with Crippen LogP contribution in [0.2, 0.25) is 0 Å². The minimum Gasteiger partial charge on any atom is -0.339 e. The second-order valence-corrected chi connectivity index (χ2v) is 10.4. The number of Topliss-reactive ketones (excluding diaryl/α,β-unsaturated/α-hetero) is 1. The topological polar surface area (TPSA) is 86.7 Å². The summed E-state index contributed by atoms with van der Waals surface area (Å²) in [5.41, 5.74) is 1.29. The molecule has 0 saturated heterocycles. The lowest BCUT2D eigenvalue weighted by molar-refractivity contribution is -0.120. The molecule has 1 saturated carbocycles. The third kappa shape index (κ3) is 6.03. The summed E-state index contributed by atoms with van der Waals surface area (Å²) >= 11 is 0. The van der Waals surface area contributed by atoms with E-state index in [9.17, 15) is 13.6 Å². The third-order valence-electron chi connectivity index (χ3n) is 7.13. The van der Waals surface area contributed by atoms with Gasteiger partial charge in [0.15, 0.2) is 23.3 Å². The van der Waals surface area contributed by atoms with Crippen LogP contribution in [0.3, 0.4) is 0 Å². The van der Waals surface area contributed by atoms with Crippen molar-refractivity contribution in [3.63, 3.8) is 0 Å². The Morgan fingerprint density at radius 2 is 1.63 bits per heavy atom. The molecule has 5 rings (SSSR count). The van der Waals surface area contributed by atoms with Crippen molar-refractivity contribution in [1.82, 2.24) is 24.9 Å². The minimum atomic E-state index is -0.359. The van der Waals surface area contributed by atoms with Crippen molar-refractivity contribution in [2.45, 2.75) is 70.8 Å². The van der Waals surface area contributed by atoms with Crippen molar-refractivity contribution in [3.05, 3.63) is 71.9 Å². The molecule has 38 heavy (non-hydrogen) atoms. The predicted molar refractivity (Wildman–Crippen MR) is 138 cm³/mol. The molecule has 0 bridgehead atoms. The Hall–Kier alpha value is -3.75. The Labute approximate surface area is 220 Å². The molecule has 1 fully saturated rings. The molecule has 0 radical (unpaired) electrons. The van der Waals surface area contributed by atoms with Crippen molar-refractivity contribution < 1.29 is 18.1 Å². The molecular formula is C29H31F2N5O2. The zero-order valence-electron chi connectivity index (χ0n) is 21.6. The molecule has 1 aliphatic carbocycles. The van der Waals surface area contributed by atoms with Gasteiger partial charge in [-0.15, -0.1) is 5.10 Å². The van der Waals surface area contributed by atoms with E-state index in [1.807, 2.05) is 13.8 Å². The normalized spacial score (nSPS) is 18.0. The van der Waals surface area contributed by atoms with Crippen LogP contribution in [0.4, 0.5) is 8.78 Å². The van der Waals surface area contributed by atoms with E-state index in [1.165, 1.54) is 24.3 Å². The van der Waals surface area contributed by atoms with Gasteiger partial charge in [-0.1, -0.05) is 25.4 Å². The summed E-state index contributed by atoms with van der Waals surface area (Å²) in [5.74, 6) is 2.38. The fraction of sp³-hybridized carbons (Fsp3) is 0.414. The molecule has 0 N–H and O–H groups in total. The van der Waals surface area contributed by atoms with Gasteiger partial charge in [-0.2, -0.15) is 4.98 Å². The number of halogens is 2. The summed E-state index contributed by atoms with van der Waals surface area (Å²) in [6.45, 7) is 4.15. The second-order valence-electron chi connectivity index (χ2n) is 10.4. The summed E-state index contributed by atoms with van der Waals surface area (Å²) < 4.78 is 34.1. The van der Waals surface area contributed by atoms with Gasteiger partial charge in [0.05, 0.1) is 0 Å². The number of carbonyl (C=O) groups excluding carboxylic acids is 1. The molecule has 2 heterocycles. The Balaban J connectivity index is 1.28. The number of ketones is 1. The Morgan fingerprint density at radius 3 is 2.29 bits per heavy atom. The third-order valence-corrected chi connectivity index (χ3v) is 7.13. The average molecular weight is 520 g/mol. The Morgan fingerprint density at radius 1 is 0.947 bits per heavy atom. The number of rotatable bonds is 8. The first-order valence-electron chi connectivity index (χ1n) is 13.2. The van der Waals surface area contributed by atoms with E-state index in [-0.39, 0.29) is 41.7 Å². The highest BCUT2D eigenvalue weighted by Gasteiger charge is 2.26. The van der Waals surface area contributed by atoms with Gasteiger partial charge < -0.3 is 4.52 Å². The highest BCUT2D eigenvalue weighted by atomic mass is 19.1. The maximum atomic E-state index is 13.5. The highest BCUT2D eigenvalue weighted by Crippen LogP contribution is 2.35. The zero-order valence-corrected chi connectivity index (χ0v) is 21.6. The lowest BCUT2D eigenvalue weighted by atomic mass is 9.93. The minimum absolute atomic E-state index is 0.0578. The first-order valence-corrected chi connectivity index (χ1v) is 13.2. The second kappa shape index (κ2) is 11.3. The number of carbonyl (C=O) groups is 1. The highest BCUT2D eigenvalue weighted by molar-refractivity contribution is 5.79. The fourth-order valence-corrected chi connectivity index (χ4v) is 5.02. The van der Waals surface area contributed by atoms with Crippen molar-refractivity contribution in [2.24, 2.45) is 5.92 Å². The van der Waals surface area contributed by atoms with Gasteiger partial charge in [0.25, 0.3) is 0 Å². The van der Waals surface area contributed by atoms with E-state index in [2.05, 4.69) is 20.2 Å². The molecule has 2 atom stereocenters. The standard InChI is InChI=1S/C29H31F2N5O2/c1-18(2)26-33-29(38-35-26)22-5-3-4-19(6-7-22)16-25(37)17-36-28(21-10-14-24(31)15-11-21)32-27(34-36)20-8-12-23(30)13-9-20/h8-15,18-19,22H,3-7,16-17H2,1-2H3. The van der Waals surface area contributed by atoms with Crippen molar-refractivity contribution in [3.8, 4) is 22.8 Å². The molecule has 4 aromatic rings. The SMILES string of the molecule is CC(C)c1noc(C2CCCC(CC(=O)Cn3nc(-c4ccc(F)cc4)nc3-c3ccc(F)cc3)CC2)n1. The lowest BCUT2D eigenvalue weighted by Gasteiger charge is -2.14. The van der Waals surface area contributed by atoms with E-state index in [0.29, 0.717) is 35.1 Å². The Kier molecular flexibility index (Phi) is 7.72. The van der Waals surface area contributed by atoms with Crippen LogP contribution in [0.1, 0.15) is 75.9 Å². The van der Waals surface area contributed by atoms with Crippen LogP contribution < -0.4 is 0 Å². The monoisotopic (exact) mass is 519 g/mol. The molecule has 198 valence electrons. The van der Waals surface area contributed by atoms with Crippen LogP contribution in [-0.4, -0.2) is 30.7 Å². The lowest BCUT2D eigenvalue weighted by Crippen LogP contribution is -2.16. The Bertz CT molecular complexity index is 1380. The van der Waals surface area contributed by atoms with Crippen LogP contribution in [0, 0.1) is 17.6 Å². The summed E-state index contributed by atoms with van der Waals surface area (Å²) in [4.78, 5) is 22.4. The summed E-state index contributed by atoms with van der Waals surface area (Å²) in [6.07, 6.45) is 5.22. The molecule has 7 nitrogen and oxygen atoms in total. The van der Waals surface area contributed by atoms with Crippen molar-refractivity contribution in [2.75, 3.05) is 0 Å². The molecule has 0 spiro atoms. The first kappa shape index (κ1) is 25.9. The summed E-state index contributed by atoms with van der Waals surface area (Å²) in [5, 5.41) is 8.68. The quantitative estimate of drug-likeness (QED) is 0.240. The molecular weight excluding hydrogens is 488 g/mol. The van der Waals surface area contributed by atoms with Gasteiger partial charge in [-0.05, 0) is 80.1 Å². The largest absolute Gasteiger partial charge is 0.339 e. The van der Waals surface area contributed by atoms with Crippen molar-refractivity contribution >= 4 is 5.78 Å². The number of nitrogens with zero attached hydrogens (tertiary/aromatic N) is 5. The van der Waals surface area contributed by atoms with Crippen LogP contribution in [-0.2, 0) is 11.3 Å². The molecule has 2 aromatic carbocycles. The fourth-order valence-electron chi connectivity index (χ4n) is 5.02. The van der Waals surface area contributed by atoms with Gasteiger partial charge >= 0.3 is 0 Å². The van der Waals surface area contributed by atoms with Crippen LogP contribution >= 0.6 is 0 Å². The van der Waals surface area contributed by atoms with Gasteiger partial charge in [0.1, 0.15) is 18.2 Å².